The third-order valence-electron chi connectivity index (χ3n) is 6.19. The zero-order valence-electron chi connectivity index (χ0n) is 22.3. The number of carbonyl (C=O) groups excluding carboxylic acids is 2. The summed E-state index contributed by atoms with van der Waals surface area (Å²) in [6.07, 6.45) is 7.89. The van der Waals surface area contributed by atoms with Crippen LogP contribution in [0.25, 0.3) is 0 Å². The summed E-state index contributed by atoms with van der Waals surface area (Å²) in [5.74, 6) is -7.11. The van der Waals surface area contributed by atoms with Crippen molar-refractivity contribution in [2.75, 3.05) is 13.2 Å². The van der Waals surface area contributed by atoms with Crippen molar-refractivity contribution in [3.05, 3.63) is 69.8 Å². The smallest absolute Gasteiger partial charge is 0.338 e. The van der Waals surface area contributed by atoms with Gasteiger partial charge in [0, 0.05) is 0 Å². The number of benzene rings is 2. The van der Waals surface area contributed by atoms with Crippen LogP contribution in [-0.2, 0) is 9.47 Å². The average Bonchev–Trinajstić information content (AvgIpc) is 2.94. The first-order valence-corrected chi connectivity index (χ1v) is 13.1. The molecule has 0 amide bonds. The number of hydrogen-bond donors (Lipinski definition) is 4. The molecule has 2 rings (SSSR count). The average molecular weight is 573 g/mol. The molecule has 0 fully saturated rings. The minimum Gasteiger partial charge on any atom is -0.478 e. The Morgan fingerprint density at radius 1 is 0.439 bits per heavy atom. The molecule has 0 bridgehead atoms. The zero-order valence-corrected chi connectivity index (χ0v) is 22.3. The molecule has 0 aliphatic rings. The van der Waals surface area contributed by atoms with Gasteiger partial charge in [0.2, 0.25) is 0 Å². The van der Waals surface area contributed by atoms with E-state index in [9.17, 15) is 28.8 Å². The highest BCUT2D eigenvalue weighted by Gasteiger charge is 2.20. The van der Waals surface area contributed by atoms with Crippen LogP contribution in [-0.4, -0.2) is 69.5 Å². The summed E-state index contributed by atoms with van der Waals surface area (Å²) in [5.41, 5.74) is -1.82. The molecule has 0 saturated carbocycles. The summed E-state index contributed by atoms with van der Waals surface area (Å²) >= 11 is 0. The van der Waals surface area contributed by atoms with Crippen LogP contribution < -0.4 is 0 Å². The van der Waals surface area contributed by atoms with E-state index in [1.807, 2.05) is 0 Å². The molecule has 0 atom stereocenters. The number of esters is 2. The second-order valence-corrected chi connectivity index (χ2v) is 9.20. The highest BCUT2D eigenvalue weighted by atomic mass is 16.5. The number of aromatic carboxylic acids is 4. The Morgan fingerprint density at radius 2 is 0.732 bits per heavy atom. The summed E-state index contributed by atoms with van der Waals surface area (Å²) in [5, 5.41) is 36.4. The van der Waals surface area contributed by atoms with Gasteiger partial charge in [-0.25, -0.2) is 28.8 Å². The maximum Gasteiger partial charge on any atom is 0.338 e. The molecule has 220 valence electrons. The maximum absolute atomic E-state index is 12.1. The van der Waals surface area contributed by atoms with E-state index in [-0.39, 0.29) is 24.3 Å². The van der Waals surface area contributed by atoms with Gasteiger partial charge in [-0.2, -0.15) is 0 Å². The fourth-order valence-corrected chi connectivity index (χ4v) is 4.01. The van der Waals surface area contributed by atoms with Crippen LogP contribution in [0.2, 0.25) is 0 Å². The van der Waals surface area contributed by atoms with E-state index < -0.39 is 58.1 Å². The molecular weight excluding hydrogens is 540 g/mol. The van der Waals surface area contributed by atoms with Crippen LogP contribution >= 0.6 is 0 Å². The predicted octanol–water partition coefficient (Wildman–Crippen LogP) is 5.00. The van der Waals surface area contributed by atoms with Crippen molar-refractivity contribution in [1.82, 2.24) is 0 Å². The largest absolute Gasteiger partial charge is 0.478 e. The highest BCUT2D eigenvalue weighted by molar-refractivity contribution is 6.04. The van der Waals surface area contributed by atoms with E-state index in [1.54, 1.807) is 0 Å². The Morgan fingerprint density at radius 3 is 1.02 bits per heavy atom. The van der Waals surface area contributed by atoms with E-state index in [0.717, 1.165) is 69.2 Å². The molecule has 2 aromatic carbocycles. The monoisotopic (exact) mass is 572 g/mol. The number of rotatable bonds is 18. The minimum absolute atomic E-state index is 0.0242. The van der Waals surface area contributed by atoms with Gasteiger partial charge in [0.25, 0.3) is 0 Å². The van der Waals surface area contributed by atoms with Crippen LogP contribution in [0.4, 0.5) is 0 Å². The number of carboxylic acids is 4. The van der Waals surface area contributed by atoms with E-state index in [0.29, 0.717) is 12.8 Å². The van der Waals surface area contributed by atoms with Crippen molar-refractivity contribution in [2.24, 2.45) is 0 Å². The van der Waals surface area contributed by atoms with E-state index in [2.05, 4.69) is 0 Å². The number of unbranched alkanes of at least 4 members (excludes halogenated alkanes) is 8. The molecule has 0 radical (unpaired) electrons. The fourth-order valence-electron chi connectivity index (χ4n) is 4.01. The van der Waals surface area contributed by atoms with Crippen LogP contribution in [0.5, 0.6) is 0 Å². The number of carbonyl (C=O) groups is 6. The van der Waals surface area contributed by atoms with Crippen molar-refractivity contribution in [2.45, 2.75) is 57.8 Å². The lowest BCUT2D eigenvalue weighted by atomic mass is 10.0. The molecule has 12 nitrogen and oxygen atoms in total. The second kappa shape index (κ2) is 16.4. The molecule has 0 saturated heterocycles. The van der Waals surface area contributed by atoms with Crippen molar-refractivity contribution < 1.29 is 58.7 Å². The molecule has 2 aromatic rings. The van der Waals surface area contributed by atoms with Gasteiger partial charge in [-0.05, 0) is 49.2 Å². The number of ether oxygens (including phenoxy) is 2. The maximum atomic E-state index is 12.1. The van der Waals surface area contributed by atoms with E-state index >= 15 is 0 Å². The Balaban J connectivity index is 1.53. The fraction of sp³-hybridized carbons (Fsp3) is 0.379. The topological polar surface area (TPSA) is 202 Å². The lowest BCUT2D eigenvalue weighted by Gasteiger charge is -2.08. The van der Waals surface area contributed by atoms with Gasteiger partial charge in [-0.3, -0.25) is 0 Å². The first-order chi connectivity index (χ1) is 19.5. The second-order valence-electron chi connectivity index (χ2n) is 9.20. The van der Waals surface area contributed by atoms with Gasteiger partial charge in [-0.15, -0.1) is 0 Å². The van der Waals surface area contributed by atoms with Crippen molar-refractivity contribution in [3.8, 4) is 0 Å². The number of hydrogen-bond acceptors (Lipinski definition) is 8. The summed E-state index contributed by atoms with van der Waals surface area (Å²) in [6, 6.07) is 6.57. The molecule has 4 N–H and O–H groups in total. The van der Waals surface area contributed by atoms with E-state index in [1.165, 1.54) is 12.1 Å². The molecular formula is C29H32O12. The quantitative estimate of drug-likeness (QED) is 0.138. The van der Waals surface area contributed by atoms with Crippen molar-refractivity contribution >= 4 is 35.8 Å². The molecule has 12 heteroatoms. The Labute approximate surface area is 235 Å². The minimum atomic E-state index is -1.44. The first kappa shape index (κ1) is 32.5. The van der Waals surface area contributed by atoms with Crippen LogP contribution in [0, 0.1) is 0 Å². The zero-order chi connectivity index (χ0) is 30.4. The standard InChI is InChI=1S/C29H32O12/c30-24(31)20-12-10-18(16-22(20)26(34)35)28(38)40-14-8-6-4-2-1-3-5-7-9-15-41-29(39)19-11-13-21(25(32)33)23(17-19)27(36)37/h10-13,16-17H,1-9,14-15H2,(H,30,31)(H,32,33)(H,34,35)(H,36,37). The lowest BCUT2D eigenvalue weighted by Crippen LogP contribution is -2.12. The first-order valence-electron chi connectivity index (χ1n) is 13.1. The Bertz CT molecular complexity index is 1180. The van der Waals surface area contributed by atoms with Gasteiger partial charge in [0.15, 0.2) is 0 Å². The van der Waals surface area contributed by atoms with Crippen molar-refractivity contribution in [3.63, 3.8) is 0 Å². The predicted molar refractivity (Wildman–Crippen MR) is 143 cm³/mol. The van der Waals surface area contributed by atoms with Gasteiger partial charge >= 0.3 is 35.8 Å². The van der Waals surface area contributed by atoms with Crippen LogP contribution in [0.3, 0.4) is 0 Å². The molecule has 0 heterocycles. The van der Waals surface area contributed by atoms with Gasteiger partial charge in [0.1, 0.15) is 0 Å². The SMILES string of the molecule is O=C(OCCCCCCCCCCCOC(=O)c1ccc(C(=O)O)c(C(=O)O)c1)c1ccc(C(=O)O)c(C(=O)O)c1. The summed E-state index contributed by atoms with van der Waals surface area (Å²) in [6.45, 7) is 0.337. The molecule has 0 aromatic heterocycles. The molecule has 0 spiro atoms. The van der Waals surface area contributed by atoms with E-state index in [4.69, 9.17) is 29.9 Å². The summed E-state index contributed by atoms with van der Waals surface area (Å²) in [7, 11) is 0. The Kier molecular flexibility index (Phi) is 13.0. The molecule has 0 aliphatic carbocycles. The normalized spacial score (nSPS) is 10.5. The lowest BCUT2D eigenvalue weighted by molar-refractivity contribution is 0.0488. The van der Waals surface area contributed by atoms with Crippen LogP contribution in [0.15, 0.2) is 36.4 Å². The van der Waals surface area contributed by atoms with Crippen molar-refractivity contribution in [1.29, 1.82) is 0 Å². The highest BCUT2D eigenvalue weighted by Crippen LogP contribution is 2.16. The van der Waals surface area contributed by atoms with Gasteiger partial charge in [0.05, 0.1) is 46.6 Å². The molecule has 41 heavy (non-hydrogen) atoms. The summed E-state index contributed by atoms with van der Waals surface area (Å²) in [4.78, 5) is 68.9. The van der Waals surface area contributed by atoms with Crippen LogP contribution in [0.1, 0.15) is 120 Å². The number of carboxylic acid groups (broad SMARTS) is 4. The van der Waals surface area contributed by atoms with Gasteiger partial charge < -0.3 is 29.9 Å². The van der Waals surface area contributed by atoms with Gasteiger partial charge in [-0.1, -0.05) is 44.9 Å². The summed E-state index contributed by atoms with van der Waals surface area (Å²) < 4.78 is 10.3. The Hall–Kier alpha value is -4.74. The molecule has 0 unspecified atom stereocenters. The molecule has 0 aliphatic heterocycles. The third kappa shape index (κ3) is 10.4. The third-order valence-corrected chi connectivity index (χ3v) is 6.19.